The molecule has 4 heteroatoms. The van der Waals surface area contributed by atoms with Crippen LogP contribution in [0.5, 0.6) is 0 Å². The van der Waals surface area contributed by atoms with E-state index in [0.29, 0.717) is 0 Å². The van der Waals surface area contributed by atoms with Gasteiger partial charge in [0, 0.05) is 11.4 Å². The predicted molar refractivity (Wildman–Crippen MR) is 92.4 cm³/mol. The molecule has 0 bridgehead atoms. The van der Waals surface area contributed by atoms with Crippen molar-refractivity contribution in [2.24, 2.45) is 0 Å². The monoisotopic (exact) mass is 310 g/mol. The topological polar surface area (TPSA) is 36.1 Å². The number of nitrogens with one attached hydrogen (secondary N) is 1. The molecule has 1 saturated heterocycles. The minimum atomic E-state index is 0.0392. The fourth-order valence-corrected chi connectivity index (χ4v) is 4.09. The second-order valence-electron chi connectivity index (χ2n) is 5.86. The number of rotatable bonds is 3. The molecule has 112 valence electrons. The maximum Gasteiger partial charge on any atom is 0.305 e. The van der Waals surface area contributed by atoms with Crippen LogP contribution in [0.25, 0.3) is 22.0 Å². The van der Waals surface area contributed by atoms with Crippen LogP contribution in [-0.4, -0.2) is 23.0 Å². The lowest BCUT2D eigenvalue weighted by molar-refractivity contribution is 0.334. The van der Waals surface area contributed by atoms with E-state index in [9.17, 15) is 4.79 Å². The maximum atomic E-state index is 11.9. The number of hydrogen-bond acceptors (Lipinski definition) is 3. The lowest BCUT2D eigenvalue weighted by Gasteiger charge is -2.14. The standard InChI is InChI=1S/C18H18N2OS/c21-18-19-17(16(22-18)12-20-9-3-4-10-20)15-8-7-13-5-1-2-6-14(13)11-15/h1-2,5-8,11H,3-4,9-10,12H2,(H,19,21). The normalized spacial score (nSPS) is 15.6. The largest absolute Gasteiger partial charge is 0.312 e. The quantitative estimate of drug-likeness (QED) is 0.797. The van der Waals surface area contributed by atoms with Gasteiger partial charge in [-0.05, 0) is 48.3 Å². The Bertz CT molecular complexity index is 859. The van der Waals surface area contributed by atoms with Gasteiger partial charge in [-0.15, -0.1) is 0 Å². The summed E-state index contributed by atoms with van der Waals surface area (Å²) >= 11 is 1.35. The van der Waals surface area contributed by atoms with Crippen molar-refractivity contribution in [1.29, 1.82) is 0 Å². The van der Waals surface area contributed by atoms with Crippen molar-refractivity contribution >= 4 is 22.1 Å². The van der Waals surface area contributed by atoms with Gasteiger partial charge >= 0.3 is 4.87 Å². The van der Waals surface area contributed by atoms with Crippen molar-refractivity contribution in [3.63, 3.8) is 0 Å². The number of thiazole rings is 1. The number of aromatic nitrogens is 1. The molecule has 4 rings (SSSR count). The first-order valence-electron chi connectivity index (χ1n) is 7.73. The number of H-pyrrole nitrogens is 1. The molecule has 1 aliphatic rings. The Labute approximate surface area is 133 Å². The minimum absolute atomic E-state index is 0.0392. The molecule has 1 fully saturated rings. The Morgan fingerprint density at radius 2 is 1.82 bits per heavy atom. The molecule has 2 heterocycles. The summed E-state index contributed by atoms with van der Waals surface area (Å²) in [6, 6.07) is 14.7. The van der Waals surface area contributed by atoms with Crippen LogP contribution in [0.3, 0.4) is 0 Å². The predicted octanol–water partition coefficient (Wildman–Crippen LogP) is 3.85. The summed E-state index contributed by atoms with van der Waals surface area (Å²) in [5, 5.41) is 2.43. The summed E-state index contributed by atoms with van der Waals surface area (Å²) < 4.78 is 0. The van der Waals surface area contributed by atoms with Crippen LogP contribution >= 0.6 is 11.3 Å². The van der Waals surface area contributed by atoms with Crippen molar-refractivity contribution in [3.05, 3.63) is 57.0 Å². The SMILES string of the molecule is O=c1[nH]c(-c2ccc3ccccc3c2)c(CN2CCCC2)s1. The van der Waals surface area contributed by atoms with Gasteiger partial charge in [0.25, 0.3) is 0 Å². The highest BCUT2D eigenvalue weighted by atomic mass is 32.1. The summed E-state index contributed by atoms with van der Waals surface area (Å²) in [5.41, 5.74) is 2.10. The lowest BCUT2D eigenvalue weighted by atomic mass is 10.0. The second kappa shape index (κ2) is 5.71. The maximum absolute atomic E-state index is 11.9. The molecule has 2 aromatic carbocycles. The molecule has 0 saturated carbocycles. The van der Waals surface area contributed by atoms with Gasteiger partial charge in [-0.3, -0.25) is 9.69 Å². The van der Waals surface area contributed by atoms with Crippen molar-refractivity contribution < 1.29 is 0 Å². The molecular weight excluding hydrogens is 292 g/mol. The van der Waals surface area contributed by atoms with Crippen molar-refractivity contribution in [3.8, 4) is 11.3 Å². The molecule has 3 nitrogen and oxygen atoms in total. The average Bonchev–Trinajstić information content (AvgIpc) is 3.17. The van der Waals surface area contributed by atoms with E-state index < -0.39 is 0 Å². The zero-order valence-electron chi connectivity index (χ0n) is 12.3. The van der Waals surface area contributed by atoms with E-state index in [2.05, 4.69) is 40.2 Å². The molecular formula is C18H18N2OS. The molecule has 0 amide bonds. The fourth-order valence-electron chi connectivity index (χ4n) is 3.19. The van der Waals surface area contributed by atoms with Crippen LogP contribution in [0.4, 0.5) is 0 Å². The third-order valence-electron chi connectivity index (χ3n) is 4.33. The first-order valence-corrected chi connectivity index (χ1v) is 8.55. The minimum Gasteiger partial charge on any atom is -0.312 e. The smallest absolute Gasteiger partial charge is 0.305 e. The Morgan fingerprint density at radius 1 is 1.05 bits per heavy atom. The van der Waals surface area contributed by atoms with E-state index in [0.717, 1.165) is 35.8 Å². The van der Waals surface area contributed by atoms with Crippen LogP contribution in [0.1, 0.15) is 17.7 Å². The highest BCUT2D eigenvalue weighted by molar-refractivity contribution is 7.09. The zero-order valence-corrected chi connectivity index (χ0v) is 13.2. The van der Waals surface area contributed by atoms with Crippen LogP contribution in [0.2, 0.25) is 0 Å². The summed E-state index contributed by atoms with van der Waals surface area (Å²) in [7, 11) is 0. The zero-order chi connectivity index (χ0) is 14.9. The molecule has 0 spiro atoms. The van der Waals surface area contributed by atoms with Gasteiger partial charge in [0.15, 0.2) is 0 Å². The number of hydrogen-bond donors (Lipinski definition) is 1. The Kier molecular flexibility index (Phi) is 3.56. The first kappa shape index (κ1) is 13.7. The fraction of sp³-hybridized carbons (Fsp3) is 0.278. The third-order valence-corrected chi connectivity index (χ3v) is 5.19. The molecule has 1 aromatic heterocycles. The van der Waals surface area contributed by atoms with Crippen molar-refractivity contribution in [2.45, 2.75) is 19.4 Å². The van der Waals surface area contributed by atoms with Crippen LogP contribution < -0.4 is 4.87 Å². The van der Waals surface area contributed by atoms with E-state index in [1.807, 2.05) is 12.1 Å². The highest BCUT2D eigenvalue weighted by Gasteiger charge is 2.17. The molecule has 1 N–H and O–H groups in total. The summed E-state index contributed by atoms with van der Waals surface area (Å²) in [4.78, 5) is 18.5. The third kappa shape index (κ3) is 2.60. The van der Waals surface area contributed by atoms with E-state index in [1.54, 1.807) is 0 Å². The van der Waals surface area contributed by atoms with E-state index in [4.69, 9.17) is 0 Å². The van der Waals surface area contributed by atoms with E-state index in [1.165, 1.54) is 35.0 Å². The van der Waals surface area contributed by atoms with Gasteiger partial charge in [0.1, 0.15) is 0 Å². The lowest BCUT2D eigenvalue weighted by Crippen LogP contribution is -2.18. The van der Waals surface area contributed by atoms with E-state index >= 15 is 0 Å². The number of likely N-dealkylation sites (tertiary alicyclic amines) is 1. The molecule has 0 atom stereocenters. The number of fused-ring (bicyclic) bond motifs is 1. The number of nitrogens with zero attached hydrogens (tertiary/aromatic N) is 1. The second-order valence-corrected chi connectivity index (χ2v) is 6.93. The van der Waals surface area contributed by atoms with Crippen LogP contribution in [0.15, 0.2) is 47.3 Å². The van der Waals surface area contributed by atoms with Gasteiger partial charge in [-0.2, -0.15) is 0 Å². The molecule has 1 aliphatic heterocycles. The van der Waals surface area contributed by atoms with E-state index in [-0.39, 0.29) is 4.87 Å². The van der Waals surface area contributed by atoms with Gasteiger partial charge in [-0.25, -0.2) is 0 Å². The van der Waals surface area contributed by atoms with Crippen molar-refractivity contribution in [2.75, 3.05) is 13.1 Å². The number of benzene rings is 2. The summed E-state index contributed by atoms with van der Waals surface area (Å²) in [6.07, 6.45) is 2.54. The Morgan fingerprint density at radius 3 is 2.64 bits per heavy atom. The van der Waals surface area contributed by atoms with Crippen LogP contribution in [-0.2, 0) is 6.54 Å². The van der Waals surface area contributed by atoms with Gasteiger partial charge in [0.2, 0.25) is 0 Å². The summed E-state index contributed by atoms with van der Waals surface area (Å²) in [5.74, 6) is 0. The highest BCUT2D eigenvalue weighted by Crippen LogP contribution is 2.28. The van der Waals surface area contributed by atoms with Crippen LogP contribution in [0, 0.1) is 0 Å². The Hall–Kier alpha value is -1.91. The van der Waals surface area contributed by atoms with Gasteiger partial charge < -0.3 is 4.98 Å². The summed E-state index contributed by atoms with van der Waals surface area (Å²) in [6.45, 7) is 3.16. The Balaban J connectivity index is 1.75. The molecule has 0 aliphatic carbocycles. The van der Waals surface area contributed by atoms with Gasteiger partial charge in [-0.1, -0.05) is 47.7 Å². The molecule has 22 heavy (non-hydrogen) atoms. The van der Waals surface area contributed by atoms with Gasteiger partial charge in [0.05, 0.1) is 5.69 Å². The average molecular weight is 310 g/mol. The molecule has 3 aromatic rings. The molecule has 0 radical (unpaired) electrons. The number of aromatic amines is 1. The van der Waals surface area contributed by atoms with Crippen molar-refractivity contribution in [1.82, 2.24) is 9.88 Å². The first-order chi connectivity index (χ1) is 10.8. The molecule has 0 unspecified atom stereocenters.